The van der Waals surface area contributed by atoms with E-state index < -0.39 is 0 Å². The predicted octanol–water partition coefficient (Wildman–Crippen LogP) is 4.24. The number of rotatable bonds is 5. The predicted molar refractivity (Wildman–Crippen MR) is 106 cm³/mol. The van der Waals surface area contributed by atoms with Crippen molar-refractivity contribution in [1.29, 1.82) is 0 Å². The van der Waals surface area contributed by atoms with E-state index in [2.05, 4.69) is 15.3 Å². The van der Waals surface area contributed by atoms with E-state index in [0.29, 0.717) is 23.1 Å². The van der Waals surface area contributed by atoms with Crippen molar-refractivity contribution in [2.45, 2.75) is 20.5 Å². The molecular weight excluding hydrogens is 360 g/mol. The monoisotopic (exact) mass is 378 g/mol. The van der Waals surface area contributed by atoms with E-state index in [0.717, 1.165) is 21.8 Å². The van der Waals surface area contributed by atoms with E-state index in [4.69, 9.17) is 4.74 Å². The van der Waals surface area contributed by atoms with Crippen molar-refractivity contribution >= 4 is 28.0 Å². The van der Waals surface area contributed by atoms with E-state index in [-0.39, 0.29) is 5.91 Å². The zero-order chi connectivity index (χ0) is 18.8. The molecule has 0 unspecified atom stereocenters. The van der Waals surface area contributed by atoms with Crippen LogP contribution in [0.2, 0.25) is 0 Å². The van der Waals surface area contributed by atoms with Gasteiger partial charge in [0, 0.05) is 29.0 Å². The highest BCUT2D eigenvalue weighted by Crippen LogP contribution is 2.20. The molecule has 6 nitrogen and oxygen atoms in total. The maximum Gasteiger partial charge on any atom is 0.257 e. The van der Waals surface area contributed by atoms with Gasteiger partial charge in [-0.1, -0.05) is 12.1 Å². The maximum absolute atomic E-state index is 12.4. The maximum atomic E-state index is 12.4. The quantitative estimate of drug-likeness (QED) is 0.564. The molecule has 3 heterocycles. The molecule has 0 saturated heterocycles. The van der Waals surface area contributed by atoms with Crippen LogP contribution in [0.4, 0.5) is 5.13 Å². The summed E-state index contributed by atoms with van der Waals surface area (Å²) in [5, 5.41) is 3.39. The Hall–Kier alpha value is -3.19. The number of fused-ring (bicyclic) bond motifs is 1. The Morgan fingerprint density at radius 2 is 2.15 bits per heavy atom. The Kier molecular flexibility index (Phi) is 4.60. The molecule has 136 valence electrons. The third-order valence-electron chi connectivity index (χ3n) is 4.05. The van der Waals surface area contributed by atoms with Gasteiger partial charge in [0.25, 0.3) is 5.91 Å². The first-order valence-corrected chi connectivity index (χ1v) is 9.30. The third kappa shape index (κ3) is 3.83. The minimum atomic E-state index is -0.210. The van der Waals surface area contributed by atoms with Crippen molar-refractivity contribution in [3.63, 3.8) is 0 Å². The third-order valence-corrected chi connectivity index (χ3v) is 4.88. The lowest BCUT2D eigenvalue weighted by Crippen LogP contribution is -2.11. The van der Waals surface area contributed by atoms with Crippen LogP contribution in [0.3, 0.4) is 0 Å². The average Bonchev–Trinajstić information content (AvgIpc) is 3.27. The molecule has 7 heteroatoms. The van der Waals surface area contributed by atoms with E-state index in [1.54, 1.807) is 24.4 Å². The molecule has 1 amide bonds. The molecule has 4 rings (SSSR count). The lowest BCUT2D eigenvalue weighted by Gasteiger charge is -2.06. The number of hydrogen-bond donors (Lipinski definition) is 1. The number of pyridine rings is 1. The largest absolute Gasteiger partial charge is 0.487 e. The molecule has 0 aliphatic carbocycles. The zero-order valence-electron chi connectivity index (χ0n) is 15.0. The van der Waals surface area contributed by atoms with E-state index in [1.807, 2.05) is 48.8 Å². The number of nitrogens with one attached hydrogen (secondary N) is 1. The summed E-state index contributed by atoms with van der Waals surface area (Å²) >= 11 is 1.44. The zero-order valence-corrected chi connectivity index (χ0v) is 15.8. The molecule has 0 atom stereocenters. The molecule has 0 fully saturated rings. The van der Waals surface area contributed by atoms with Gasteiger partial charge >= 0.3 is 0 Å². The van der Waals surface area contributed by atoms with Gasteiger partial charge in [0.15, 0.2) is 5.13 Å². The molecule has 3 aromatic heterocycles. The second kappa shape index (κ2) is 7.20. The Labute approximate surface area is 160 Å². The molecule has 0 bridgehead atoms. The van der Waals surface area contributed by atoms with Crippen LogP contribution in [0.1, 0.15) is 26.5 Å². The Morgan fingerprint density at radius 3 is 2.93 bits per heavy atom. The number of benzene rings is 1. The highest BCUT2D eigenvalue weighted by atomic mass is 32.1. The number of imidazole rings is 1. The van der Waals surface area contributed by atoms with Crippen molar-refractivity contribution in [3.05, 3.63) is 76.7 Å². The Balaban J connectivity index is 1.45. The summed E-state index contributed by atoms with van der Waals surface area (Å²) in [7, 11) is 0. The number of aryl methyl sites for hydroxylation is 2. The van der Waals surface area contributed by atoms with Crippen molar-refractivity contribution < 1.29 is 9.53 Å². The molecule has 27 heavy (non-hydrogen) atoms. The van der Waals surface area contributed by atoms with Crippen LogP contribution >= 0.6 is 11.3 Å². The van der Waals surface area contributed by atoms with Gasteiger partial charge in [0.1, 0.15) is 18.0 Å². The van der Waals surface area contributed by atoms with Crippen LogP contribution in [0.25, 0.3) is 5.65 Å². The SMILES string of the molecule is Cc1cnc(NC(=O)c2cccc(OCc3cn4cccc(C)c4n3)c2)s1. The first-order valence-electron chi connectivity index (χ1n) is 8.48. The van der Waals surface area contributed by atoms with Crippen molar-refractivity contribution in [3.8, 4) is 5.75 Å². The minimum Gasteiger partial charge on any atom is -0.487 e. The number of hydrogen-bond acceptors (Lipinski definition) is 5. The van der Waals surface area contributed by atoms with Crippen molar-refractivity contribution in [2.24, 2.45) is 0 Å². The summed E-state index contributed by atoms with van der Waals surface area (Å²) in [5.74, 6) is 0.407. The molecule has 0 saturated carbocycles. The van der Waals surface area contributed by atoms with Gasteiger partial charge in [-0.05, 0) is 43.7 Å². The Morgan fingerprint density at radius 1 is 1.26 bits per heavy atom. The van der Waals surface area contributed by atoms with Crippen molar-refractivity contribution in [2.75, 3.05) is 5.32 Å². The number of aromatic nitrogens is 3. The van der Waals surface area contributed by atoms with Crippen LogP contribution in [-0.2, 0) is 6.61 Å². The molecule has 0 radical (unpaired) electrons. The summed E-state index contributed by atoms with van der Waals surface area (Å²) in [6.07, 6.45) is 5.64. The van der Waals surface area contributed by atoms with Gasteiger partial charge in [0.05, 0.1) is 5.69 Å². The molecule has 1 N–H and O–H groups in total. The van der Waals surface area contributed by atoms with Gasteiger partial charge < -0.3 is 9.14 Å². The van der Waals surface area contributed by atoms with Gasteiger partial charge in [-0.25, -0.2) is 9.97 Å². The van der Waals surface area contributed by atoms with Gasteiger partial charge in [-0.3, -0.25) is 10.1 Å². The molecule has 0 aliphatic heterocycles. The van der Waals surface area contributed by atoms with E-state index in [9.17, 15) is 4.79 Å². The molecule has 0 aliphatic rings. The van der Waals surface area contributed by atoms with Crippen LogP contribution in [0, 0.1) is 13.8 Å². The summed E-state index contributed by atoms with van der Waals surface area (Å²) in [6, 6.07) is 11.1. The fraction of sp³-hybridized carbons (Fsp3) is 0.150. The lowest BCUT2D eigenvalue weighted by atomic mass is 10.2. The van der Waals surface area contributed by atoms with Gasteiger partial charge in [0.2, 0.25) is 0 Å². The standard InChI is InChI=1S/C20H18N4O2S/c1-13-5-4-8-24-11-16(22-18(13)24)12-26-17-7-3-6-15(9-17)19(25)23-20-21-10-14(2)27-20/h3-11H,12H2,1-2H3,(H,21,23,25). The summed E-state index contributed by atoms with van der Waals surface area (Å²) < 4.78 is 7.82. The smallest absolute Gasteiger partial charge is 0.257 e. The van der Waals surface area contributed by atoms with E-state index >= 15 is 0 Å². The molecule has 0 spiro atoms. The minimum absolute atomic E-state index is 0.210. The number of amides is 1. The van der Waals surface area contributed by atoms with Crippen LogP contribution in [0.15, 0.2) is 55.0 Å². The first-order chi connectivity index (χ1) is 13.1. The second-order valence-electron chi connectivity index (χ2n) is 6.20. The van der Waals surface area contributed by atoms with Crippen LogP contribution < -0.4 is 10.1 Å². The molecular formula is C20H18N4O2S. The average molecular weight is 378 g/mol. The summed E-state index contributed by atoms with van der Waals surface area (Å²) in [6.45, 7) is 4.31. The summed E-state index contributed by atoms with van der Waals surface area (Å²) in [4.78, 5) is 22.2. The van der Waals surface area contributed by atoms with Gasteiger partial charge in [-0.2, -0.15) is 0 Å². The van der Waals surface area contributed by atoms with E-state index in [1.165, 1.54) is 11.3 Å². The highest BCUT2D eigenvalue weighted by Gasteiger charge is 2.10. The summed E-state index contributed by atoms with van der Waals surface area (Å²) in [5.41, 5.74) is 3.38. The topological polar surface area (TPSA) is 68.5 Å². The lowest BCUT2D eigenvalue weighted by molar-refractivity contribution is 0.102. The molecule has 1 aromatic carbocycles. The number of ether oxygens (including phenoxy) is 1. The Bertz CT molecular complexity index is 1120. The van der Waals surface area contributed by atoms with Crippen LogP contribution in [-0.4, -0.2) is 20.3 Å². The van der Waals surface area contributed by atoms with Crippen LogP contribution in [0.5, 0.6) is 5.75 Å². The van der Waals surface area contributed by atoms with Crippen molar-refractivity contribution in [1.82, 2.24) is 14.4 Å². The van der Waals surface area contributed by atoms with Gasteiger partial charge in [-0.15, -0.1) is 11.3 Å². The fourth-order valence-electron chi connectivity index (χ4n) is 2.74. The fourth-order valence-corrected chi connectivity index (χ4v) is 3.40. The number of anilines is 1. The normalized spacial score (nSPS) is 10.9. The number of nitrogens with zero attached hydrogens (tertiary/aromatic N) is 3. The highest BCUT2D eigenvalue weighted by molar-refractivity contribution is 7.15. The second-order valence-corrected chi connectivity index (χ2v) is 7.44. The molecule has 4 aromatic rings. The number of thiazole rings is 1. The number of carbonyl (C=O) groups excluding carboxylic acids is 1. The number of carbonyl (C=O) groups is 1. The first kappa shape index (κ1) is 17.2.